The Kier molecular flexibility index (Phi) is 8.09. The summed E-state index contributed by atoms with van der Waals surface area (Å²) in [6, 6.07) is 42.2. The summed E-state index contributed by atoms with van der Waals surface area (Å²) in [6.07, 6.45) is 6.94. The Bertz CT molecular complexity index is 1580. The van der Waals surface area contributed by atoms with E-state index < -0.39 is 11.8 Å². The van der Waals surface area contributed by atoms with Gasteiger partial charge in [-0.3, -0.25) is 14.8 Å². The number of carbonyl (C=O) groups is 1. The number of aromatic nitrogens is 2. The van der Waals surface area contributed by atoms with Crippen molar-refractivity contribution in [2.45, 2.75) is 11.8 Å². The second-order valence-corrected chi connectivity index (χ2v) is 9.81. The number of carbonyl (C=O) groups excluding carboxylic acids is 1. The Morgan fingerprint density at radius 1 is 0.429 bits per heavy atom. The summed E-state index contributed by atoms with van der Waals surface area (Å²) < 4.78 is 12.0. The fourth-order valence-corrected chi connectivity index (χ4v) is 5.01. The molecule has 0 amide bonds. The highest BCUT2D eigenvalue weighted by Gasteiger charge is 2.32. The number of hydrogen-bond acceptors (Lipinski definition) is 5. The molecule has 5 nitrogen and oxygen atoms in total. The maximum absolute atomic E-state index is 14.7. The van der Waals surface area contributed by atoms with E-state index in [0.29, 0.717) is 11.5 Å². The number of benzene rings is 4. The van der Waals surface area contributed by atoms with Crippen molar-refractivity contribution in [1.82, 2.24) is 9.97 Å². The smallest absolute Gasteiger partial charge is 0.156 e. The van der Waals surface area contributed by atoms with Crippen LogP contribution in [0.2, 0.25) is 0 Å². The molecular formula is C37H28N2O3. The molecular weight excluding hydrogens is 520 g/mol. The first kappa shape index (κ1) is 26.7. The lowest BCUT2D eigenvalue weighted by molar-refractivity contribution is -0.120. The average molecular weight is 549 g/mol. The van der Waals surface area contributed by atoms with Crippen molar-refractivity contribution in [3.63, 3.8) is 0 Å². The van der Waals surface area contributed by atoms with E-state index in [2.05, 4.69) is 9.97 Å². The molecule has 0 bridgehead atoms. The first-order valence-electron chi connectivity index (χ1n) is 13.7. The number of Topliss-reactive ketones (excluding diaryl/α,β-unsaturated/α-hetero) is 1. The van der Waals surface area contributed by atoms with Crippen LogP contribution in [0.4, 0.5) is 0 Å². The lowest BCUT2D eigenvalue weighted by Gasteiger charge is -2.24. The Hall–Kier alpha value is -5.55. The molecule has 0 spiro atoms. The monoisotopic (exact) mass is 548 g/mol. The standard InChI is InChI=1S/C37H28N2O3/c40-37(35(29-9-7-23-38-25-29)27-15-19-33(20-16-27)41-31-11-3-1-4-12-31)36(30-10-8-24-39-26-30)28-17-21-34(22-18-28)42-32-13-5-2-6-14-32/h1-26,35-36H. The first-order valence-corrected chi connectivity index (χ1v) is 13.7. The fourth-order valence-electron chi connectivity index (χ4n) is 5.01. The minimum absolute atomic E-state index is 0.0180. The molecule has 0 aliphatic carbocycles. The van der Waals surface area contributed by atoms with Crippen molar-refractivity contribution >= 4 is 5.78 Å². The van der Waals surface area contributed by atoms with Crippen LogP contribution in [0, 0.1) is 0 Å². The van der Waals surface area contributed by atoms with Crippen molar-refractivity contribution < 1.29 is 14.3 Å². The molecule has 0 aliphatic rings. The molecule has 0 saturated carbocycles. The topological polar surface area (TPSA) is 61.3 Å². The average Bonchev–Trinajstić information content (AvgIpc) is 3.05. The first-order chi connectivity index (χ1) is 20.7. The predicted molar refractivity (Wildman–Crippen MR) is 163 cm³/mol. The van der Waals surface area contributed by atoms with Crippen molar-refractivity contribution in [3.8, 4) is 23.0 Å². The predicted octanol–water partition coefficient (Wildman–Crippen LogP) is 8.59. The number of nitrogens with zero attached hydrogens (tertiary/aromatic N) is 2. The van der Waals surface area contributed by atoms with E-state index in [4.69, 9.17) is 9.47 Å². The molecule has 0 N–H and O–H groups in total. The van der Waals surface area contributed by atoms with E-state index in [1.807, 2.05) is 133 Å². The van der Waals surface area contributed by atoms with Crippen LogP contribution in [-0.4, -0.2) is 15.8 Å². The van der Waals surface area contributed by atoms with Gasteiger partial charge in [0.25, 0.3) is 0 Å². The molecule has 5 heteroatoms. The highest BCUT2D eigenvalue weighted by Crippen LogP contribution is 2.37. The van der Waals surface area contributed by atoms with Crippen molar-refractivity contribution in [3.05, 3.63) is 181 Å². The summed E-state index contributed by atoms with van der Waals surface area (Å²) in [7, 11) is 0. The summed E-state index contributed by atoms with van der Waals surface area (Å²) in [5.74, 6) is 1.79. The molecule has 2 aromatic heterocycles. The minimum Gasteiger partial charge on any atom is -0.457 e. The van der Waals surface area contributed by atoms with Crippen LogP contribution in [-0.2, 0) is 4.79 Å². The Morgan fingerprint density at radius 3 is 1.17 bits per heavy atom. The zero-order valence-corrected chi connectivity index (χ0v) is 22.8. The summed E-state index contributed by atoms with van der Waals surface area (Å²) in [5.41, 5.74) is 3.34. The quantitative estimate of drug-likeness (QED) is 0.172. The van der Waals surface area contributed by atoms with Crippen molar-refractivity contribution in [1.29, 1.82) is 0 Å². The molecule has 4 aromatic carbocycles. The minimum atomic E-state index is -0.560. The van der Waals surface area contributed by atoms with Gasteiger partial charge in [0.2, 0.25) is 0 Å². The van der Waals surface area contributed by atoms with Crippen LogP contribution in [0.25, 0.3) is 0 Å². The molecule has 6 rings (SSSR count). The zero-order valence-electron chi connectivity index (χ0n) is 22.8. The molecule has 0 saturated heterocycles. The van der Waals surface area contributed by atoms with Crippen LogP contribution in [0.3, 0.4) is 0 Å². The molecule has 0 radical (unpaired) electrons. The zero-order chi connectivity index (χ0) is 28.6. The molecule has 42 heavy (non-hydrogen) atoms. The van der Waals surface area contributed by atoms with E-state index in [-0.39, 0.29) is 5.78 Å². The summed E-state index contributed by atoms with van der Waals surface area (Å²) in [5, 5.41) is 0. The molecule has 6 aromatic rings. The SMILES string of the molecule is O=C(C(c1ccc(Oc2ccccc2)cc1)c1cccnc1)C(c1ccc(Oc2ccccc2)cc1)c1cccnc1. The van der Waals surface area contributed by atoms with Crippen molar-refractivity contribution in [2.75, 3.05) is 0 Å². The van der Waals surface area contributed by atoms with Crippen LogP contribution < -0.4 is 9.47 Å². The van der Waals surface area contributed by atoms with Gasteiger partial charge in [-0.15, -0.1) is 0 Å². The van der Waals surface area contributed by atoms with Gasteiger partial charge in [-0.2, -0.15) is 0 Å². The highest BCUT2D eigenvalue weighted by atomic mass is 16.5. The van der Waals surface area contributed by atoms with Gasteiger partial charge >= 0.3 is 0 Å². The van der Waals surface area contributed by atoms with Crippen molar-refractivity contribution in [2.24, 2.45) is 0 Å². The van der Waals surface area contributed by atoms with E-state index in [1.54, 1.807) is 24.8 Å². The Morgan fingerprint density at radius 2 is 0.810 bits per heavy atom. The number of rotatable bonds is 10. The van der Waals surface area contributed by atoms with E-state index in [0.717, 1.165) is 33.8 Å². The molecule has 204 valence electrons. The van der Waals surface area contributed by atoms with Gasteiger partial charge < -0.3 is 9.47 Å². The van der Waals surface area contributed by atoms with Gasteiger partial charge in [-0.1, -0.05) is 72.8 Å². The molecule has 2 atom stereocenters. The van der Waals surface area contributed by atoms with E-state index in [1.165, 1.54) is 0 Å². The third-order valence-corrected chi connectivity index (χ3v) is 6.99. The summed E-state index contributed by atoms with van der Waals surface area (Å²) >= 11 is 0. The Balaban J connectivity index is 1.35. The third kappa shape index (κ3) is 6.26. The molecule has 0 aliphatic heterocycles. The summed E-state index contributed by atoms with van der Waals surface area (Å²) in [4.78, 5) is 23.4. The van der Waals surface area contributed by atoms with Gasteiger partial charge in [-0.25, -0.2) is 0 Å². The van der Waals surface area contributed by atoms with E-state index in [9.17, 15) is 4.79 Å². The number of hydrogen-bond donors (Lipinski definition) is 0. The number of ketones is 1. The molecule has 2 unspecified atom stereocenters. The number of ether oxygens (including phenoxy) is 2. The third-order valence-electron chi connectivity index (χ3n) is 6.99. The van der Waals surface area contributed by atoms with Gasteiger partial charge in [-0.05, 0) is 82.9 Å². The second-order valence-electron chi connectivity index (χ2n) is 9.81. The van der Waals surface area contributed by atoms with Crippen LogP contribution in [0.5, 0.6) is 23.0 Å². The van der Waals surface area contributed by atoms with Crippen LogP contribution >= 0.6 is 0 Å². The lowest BCUT2D eigenvalue weighted by atomic mass is 9.78. The number of pyridine rings is 2. The molecule has 2 heterocycles. The second kappa shape index (κ2) is 12.7. The van der Waals surface area contributed by atoms with Gasteiger partial charge in [0, 0.05) is 24.8 Å². The van der Waals surface area contributed by atoms with E-state index >= 15 is 0 Å². The van der Waals surface area contributed by atoms with Gasteiger partial charge in [0.15, 0.2) is 5.78 Å². The molecule has 0 fully saturated rings. The lowest BCUT2D eigenvalue weighted by Crippen LogP contribution is -2.23. The maximum atomic E-state index is 14.7. The van der Waals surface area contributed by atoms with Gasteiger partial charge in [0.1, 0.15) is 23.0 Å². The fraction of sp³-hybridized carbons (Fsp3) is 0.0541. The number of para-hydroxylation sites is 2. The van der Waals surface area contributed by atoms with Crippen LogP contribution in [0.1, 0.15) is 34.1 Å². The Labute approximate surface area is 245 Å². The summed E-state index contributed by atoms with van der Waals surface area (Å²) in [6.45, 7) is 0. The maximum Gasteiger partial charge on any atom is 0.156 e. The largest absolute Gasteiger partial charge is 0.457 e. The van der Waals surface area contributed by atoms with Crippen LogP contribution in [0.15, 0.2) is 158 Å². The normalized spacial score (nSPS) is 12.2. The van der Waals surface area contributed by atoms with Gasteiger partial charge in [0.05, 0.1) is 11.8 Å². The highest BCUT2D eigenvalue weighted by molar-refractivity contribution is 5.96.